The molecule has 0 radical (unpaired) electrons. The molecule has 0 atom stereocenters. The van der Waals surface area contributed by atoms with Gasteiger partial charge in [-0.15, -0.1) is 23.4 Å². The van der Waals surface area contributed by atoms with Gasteiger partial charge in [0.05, 0.1) is 5.75 Å². The molecular formula is C20H15F3N4O3S. The van der Waals surface area contributed by atoms with E-state index in [0.29, 0.717) is 16.3 Å². The van der Waals surface area contributed by atoms with Crippen LogP contribution in [0, 0.1) is 0 Å². The third-order valence-corrected chi connectivity index (χ3v) is 4.56. The largest absolute Gasteiger partial charge is 0.573 e. The van der Waals surface area contributed by atoms with Crippen molar-refractivity contribution in [2.45, 2.75) is 11.4 Å². The molecule has 2 aromatic carbocycles. The van der Waals surface area contributed by atoms with E-state index in [2.05, 4.69) is 25.6 Å². The van der Waals surface area contributed by atoms with Gasteiger partial charge in [0, 0.05) is 11.3 Å². The van der Waals surface area contributed by atoms with Gasteiger partial charge in [-0.05, 0) is 48.5 Å². The van der Waals surface area contributed by atoms with E-state index in [1.54, 1.807) is 42.5 Å². The first-order chi connectivity index (χ1) is 14.8. The topological polar surface area (TPSA) is 93.2 Å². The van der Waals surface area contributed by atoms with Gasteiger partial charge in [-0.3, -0.25) is 9.59 Å². The van der Waals surface area contributed by atoms with Crippen LogP contribution >= 0.6 is 11.8 Å². The average molecular weight is 448 g/mol. The van der Waals surface area contributed by atoms with Crippen molar-refractivity contribution in [2.24, 2.45) is 0 Å². The number of nitrogens with zero attached hydrogens (tertiary/aromatic N) is 2. The summed E-state index contributed by atoms with van der Waals surface area (Å²) in [7, 11) is 0. The molecule has 0 aliphatic rings. The van der Waals surface area contributed by atoms with Crippen LogP contribution in [0.4, 0.5) is 24.7 Å². The number of rotatable bonds is 7. The van der Waals surface area contributed by atoms with E-state index < -0.39 is 6.36 Å². The molecule has 7 nitrogen and oxygen atoms in total. The Morgan fingerprint density at radius 3 is 2.23 bits per heavy atom. The SMILES string of the molecule is O=C(CSc1ccc(NC(=O)c2ccccc2)nn1)Nc1ccc(OC(F)(F)F)cc1. The van der Waals surface area contributed by atoms with Crippen LogP contribution in [0.5, 0.6) is 5.75 Å². The van der Waals surface area contributed by atoms with Gasteiger partial charge in [-0.1, -0.05) is 30.0 Å². The molecule has 0 saturated carbocycles. The number of halogens is 3. The van der Waals surface area contributed by atoms with Crippen LogP contribution in [0.1, 0.15) is 10.4 Å². The lowest BCUT2D eigenvalue weighted by molar-refractivity contribution is -0.274. The maximum Gasteiger partial charge on any atom is 0.573 e. The standard InChI is InChI=1S/C20H15F3N4O3S/c21-20(22,23)30-15-8-6-14(7-9-15)24-17(28)12-31-18-11-10-16(26-27-18)25-19(29)13-4-2-1-3-5-13/h1-11H,12H2,(H,24,28)(H,25,26,29). The number of thioether (sulfide) groups is 1. The highest BCUT2D eigenvalue weighted by Crippen LogP contribution is 2.24. The van der Waals surface area contributed by atoms with Gasteiger partial charge in [0.25, 0.3) is 5.91 Å². The van der Waals surface area contributed by atoms with Crippen molar-refractivity contribution in [3.8, 4) is 5.75 Å². The summed E-state index contributed by atoms with van der Waals surface area (Å²) in [5, 5.41) is 13.5. The van der Waals surface area contributed by atoms with Crippen LogP contribution in [0.3, 0.4) is 0 Å². The molecule has 1 aromatic heterocycles. The van der Waals surface area contributed by atoms with E-state index in [1.807, 2.05) is 0 Å². The second kappa shape index (κ2) is 9.94. The fourth-order valence-corrected chi connectivity index (χ4v) is 2.93. The lowest BCUT2D eigenvalue weighted by Crippen LogP contribution is -2.17. The number of alkyl halides is 3. The predicted octanol–water partition coefficient (Wildman–Crippen LogP) is 4.36. The van der Waals surface area contributed by atoms with E-state index in [4.69, 9.17) is 0 Å². The molecule has 0 saturated heterocycles. The Morgan fingerprint density at radius 1 is 0.903 bits per heavy atom. The molecule has 160 valence electrons. The lowest BCUT2D eigenvalue weighted by Gasteiger charge is -2.10. The number of hydrogen-bond donors (Lipinski definition) is 2. The Balaban J connectivity index is 1.46. The summed E-state index contributed by atoms with van der Waals surface area (Å²) in [5.41, 5.74) is 0.808. The molecule has 0 aliphatic carbocycles. The summed E-state index contributed by atoms with van der Waals surface area (Å²) in [6.07, 6.45) is -4.78. The molecule has 0 fully saturated rings. The van der Waals surface area contributed by atoms with Gasteiger partial charge < -0.3 is 15.4 Å². The first-order valence-electron chi connectivity index (χ1n) is 8.77. The van der Waals surface area contributed by atoms with Crippen molar-refractivity contribution in [1.29, 1.82) is 0 Å². The minimum atomic E-state index is -4.78. The Labute approximate surface area is 179 Å². The van der Waals surface area contributed by atoms with Crippen molar-refractivity contribution in [3.05, 3.63) is 72.3 Å². The predicted molar refractivity (Wildman–Crippen MR) is 109 cm³/mol. The van der Waals surface area contributed by atoms with Crippen LogP contribution in [-0.4, -0.2) is 34.1 Å². The molecule has 0 bridgehead atoms. The molecule has 11 heteroatoms. The van der Waals surface area contributed by atoms with Gasteiger partial charge in [-0.2, -0.15) is 0 Å². The fraction of sp³-hybridized carbons (Fsp3) is 0.100. The molecular weight excluding hydrogens is 433 g/mol. The monoisotopic (exact) mass is 448 g/mol. The number of hydrogen-bond acceptors (Lipinski definition) is 6. The number of carbonyl (C=O) groups excluding carboxylic acids is 2. The Hall–Kier alpha value is -3.60. The van der Waals surface area contributed by atoms with Crippen LogP contribution in [0.15, 0.2) is 71.8 Å². The molecule has 0 spiro atoms. The minimum Gasteiger partial charge on any atom is -0.406 e. The number of carbonyl (C=O) groups is 2. The van der Waals surface area contributed by atoms with E-state index in [-0.39, 0.29) is 29.1 Å². The van der Waals surface area contributed by atoms with E-state index in [1.165, 1.54) is 12.1 Å². The fourth-order valence-electron chi connectivity index (χ4n) is 2.32. The van der Waals surface area contributed by atoms with Crippen molar-refractivity contribution in [3.63, 3.8) is 0 Å². The molecule has 1 heterocycles. The highest BCUT2D eigenvalue weighted by atomic mass is 32.2. The molecule has 2 amide bonds. The van der Waals surface area contributed by atoms with E-state index >= 15 is 0 Å². The van der Waals surface area contributed by atoms with Gasteiger partial charge in [0.2, 0.25) is 5.91 Å². The van der Waals surface area contributed by atoms with Crippen LogP contribution in [0.2, 0.25) is 0 Å². The first kappa shape index (κ1) is 22.1. The summed E-state index contributed by atoms with van der Waals surface area (Å²) in [5.74, 6) is -0.803. The highest BCUT2D eigenvalue weighted by molar-refractivity contribution is 7.99. The zero-order chi connectivity index (χ0) is 22.3. The van der Waals surface area contributed by atoms with Crippen molar-refractivity contribution in [2.75, 3.05) is 16.4 Å². The molecule has 0 aliphatic heterocycles. The zero-order valence-corrected chi connectivity index (χ0v) is 16.5. The smallest absolute Gasteiger partial charge is 0.406 e. The van der Waals surface area contributed by atoms with Gasteiger partial charge in [0.15, 0.2) is 5.82 Å². The van der Waals surface area contributed by atoms with Crippen LogP contribution in [-0.2, 0) is 4.79 Å². The Kier molecular flexibility index (Phi) is 7.08. The lowest BCUT2D eigenvalue weighted by atomic mass is 10.2. The zero-order valence-electron chi connectivity index (χ0n) is 15.7. The third kappa shape index (κ3) is 7.30. The van der Waals surface area contributed by atoms with E-state index in [9.17, 15) is 22.8 Å². The number of nitrogens with one attached hydrogen (secondary N) is 2. The number of benzene rings is 2. The summed E-state index contributed by atoms with van der Waals surface area (Å²) in [6.45, 7) is 0. The number of ether oxygens (including phenoxy) is 1. The second-order valence-corrected chi connectivity index (χ2v) is 6.98. The second-order valence-electron chi connectivity index (χ2n) is 5.99. The summed E-state index contributed by atoms with van der Waals surface area (Å²) in [4.78, 5) is 24.1. The third-order valence-electron chi connectivity index (χ3n) is 3.64. The highest BCUT2D eigenvalue weighted by Gasteiger charge is 2.30. The van der Waals surface area contributed by atoms with E-state index in [0.717, 1.165) is 23.9 Å². The number of amides is 2. The molecule has 0 unspecified atom stereocenters. The molecule has 31 heavy (non-hydrogen) atoms. The minimum absolute atomic E-state index is 0.00516. The Bertz CT molecular complexity index is 1030. The van der Waals surface area contributed by atoms with Crippen LogP contribution < -0.4 is 15.4 Å². The summed E-state index contributed by atoms with van der Waals surface area (Å²) in [6, 6.07) is 16.6. The van der Waals surface area contributed by atoms with Crippen molar-refractivity contribution >= 4 is 35.1 Å². The van der Waals surface area contributed by atoms with Crippen molar-refractivity contribution < 1.29 is 27.5 Å². The van der Waals surface area contributed by atoms with Gasteiger partial charge in [0.1, 0.15) is 10.8 Å². The maximum absolute atomic E-state index is 12.2. The average Bonchev–Trinajstić information content (AvgIpc) is 2.74. The number of anilines is 2. The number of aromatic nitrogens is 2. The Morgan fingerprint density at radius 2 is 1.61 bits per heavy atom. The molecule has 3 rings (SSSR count). The van der Waals surface area contributed by atoms with Crippen LogP contribution in [0.25, 0.3) is 0 Å². The maximum atomic E-state index is 12.2. The summed E-state index contributed by atoms with van der Waals surface area (Å²) >= 11 is 1.11. The first-order valence-corrected chi connectivity index (χ1v) is 9.76. The van der Waals surface area contributed by atoms with Gasteiger partial charge >= 0.3 is 6.36 Å². The normalized spacial score (nSPS) is 10.9. The summed E-state index contributed by atoms with van der Waals surface area (Å²) < 4.78 is 40.2. The van der Waals surface area contributed by atoms with Gasteiger partial charge in [-0.25, -0.2) is 0 Å². The molecule has 2 N–H and O–H groups in total. The quantitative estimate of drug-likeness (QED) is 0.522. The molecule has 3 aromatic rings. The van der Waals surface area contributed by atoms with Crippen molar-refractivity contribution in [1.82, 2.24) is 10.2 Å².